The lowest BCUT2D eigenvalue weighted by Gasteiger charge is -2.30. The number of rotatable bonds is 9. The molecule has 2 aliphatic heterocycles. The summed E-state index contributed by atoms with van der Waals surface area (Å²) in [5, 5.41) is 0. The number of unbranched alkanes of at least 4 members (excludes halogenated alkanes) is 5. The van der Waals surface area contributed by atoms with E-state index in [2.05, 4.69) is 11.9 Å². The van der Waals surface area contributed by atoms with Crippen molar-refractivity contribution in [2.24, 2.45) is 0 Å². The van der Waals surface area contributed by atoms with Crippen molar-refractivity contribution in [3.8, 4) is 0 Å². The number of hydrogen-bond donors (Lipinski definition) is 1. The summed E-state index contributed by atoms with van der Waals surface area (Å²) in [7, 11) is -3.89. The summed E-state index contributed by atoms with van der Waals surface area (Å²) in [4.78, 5) is 25.7. The first kappa shape index (κ1) is 22.4. The highest BCUT2D eigenvalue weighted by Gasteiger charge is 2.54. The van der Waals surface area contributed by atoms with Crippen LogP contribution in [0.4, 0.5) is 4.39 Å². The monoisotopic (exact) mass is 434 g/mol. The maximum absolute atomic E-state index is 15.0. The van der Waals surface area contributed by atoms with Crippen LogP contribution in [0.25, 0.3) is 0 Å². The first-order valence-electron chi connectivity index (χ1n) is 10.0. The Morgan fingerprint density at radius 3 is 2.76 bits per heavy atom. The van der Waals surface area contributed by atoms with Gasteiger partial charge in [-0.2, -0.15) is 0 Å². The predicted octanol–water partition coefficient (Wildman–Crippen LogP) is 2.98. The molecule has 2 saturated heterocycles. The third-order valence-electron chi connectivity index (χ3n) is 5.08. The van der Waals surface area contributed by atoms with E-state index in [4.69, 9.17) is 18.3 Å². The Hall–Kier alpha value is -1.32. The third-order valence-corrected chi connectivity index (χ3v) is 6.55. The summed E-state index contributed by atoms with van der Waals surface area (Å²) >= 11 is 0. The lowest BCUT2D eigenvalue weighted by molar-refractivity contribution is -0.0724. The van der Waals surface area contributed by atoms with Gasteiger partial charge in [0, 0.05) is 11.8 Å². The minimum atomic E-state index is -3.89. The average Bonchev–Trinajstić information content (AvgIpc) is 3.00. The van der Waals surface area contributed by atoms with E-state index in [0.717, 1.165) is 30.3 Å². The number of phosphoric ester groups is 1. The lowest BCUT2D eigenvalue weighted by atomic mass is 10.1. The zero-order chi connectivity index (χ0) is 21.0. The van der Waals surface area contributed by atoms with Gasteiger partial charge in [0.25, 0.3) is 5.56 Å². The quantitative estimate of drug-likeness (QED) is 0.470. The third kappa shape index (κ3) is 5.24. The van der Waals surface area contributed by atoms with E-state index < -0.39 is 43.7 Å². The fourth-order valence-electron chi connectivity index (χ4n) is 3.42. The van der Waals surface area contributed by atoms with E-state index in [0.29, 0.717) is 6.42 Å². The minimum Gasteiger partial charge on any atom is -0.346 e. The molecule has 0 radical (unpaired) electrons. The van der Waals surface area contributed by atoms with Crippen LogP contribution in [-0.4, -0.2) is 41.1 Å². The molecule has 1 aromatic heterocycles. The summed E-state index contributed by atoms with van der Waals surface area (Å²) in [5.41, 5.74) is -1.11. The highest BCUT2D eigenvalue weighted by molar-refractivity contribution is 7.48. The molecular formula is C18H28FN2O7P. The van der Waals surface area contributed by atoms with Gasteiger partial charge in [0.1, 0.15) is 12.2 Å². The van der Waals surface area contributed by atoms with Gasteiger partial charge in [-0.1, -0.05) is 39.0 Å². The number of aromatic amines is 1. The zero-order valence-electron chi connectivity index (χ0n) is 16.7. The number of nitrogens with one attached hydrogen (secondary N) is 1. The number of hydrogen-bond acceptors (Lipinski definition) is 7. The van der Waals surface area contributed by atoms with Crippen LogP contribution in [0.1, 0.15) is 57.2 Å². The molecule has 9 nitrogen and oxygen atoms in total. The van der Waals surface area contributed by atoms with E-state index in [-0.39, 0.29) is 18.8 Å². The molecule has 2 aliphatic rings. The van der Waals surface area contributed by atoms with E-state index in [1.165, 1.54) is 19.5 Å². The van der Waals surface area contributed by atoms with Gasteiger partial charge < -0.3 is 4.74 Å². The maximum atomic E-state index is 15.0. The zero-order valence-corrected chi connectivity index (χ0v) is 17.6. The summed E-state index contributed by atoms with van der Waals surface area (Å²) in [6.45, 7) is 3.66. The highest BCUT2D eigenvalue weighted by atomic mass is 31.2. The Kier molecular flexibility index (Phi) is 7.45. The van der Waals surface area contributed by atoms with Gasteiger partial charge >= 0.3 is 13.5 Å². The minimum absolute atomic E-state index is 0.174. The molecule has 29 heavy (non-hydrogen) atoms. The van der Waals surface area contributed by atoms with Gasteiger partial charge in [0.2, 0.25) is 0 Å². The number of phosphoric acid groups is 1. The number of aromatic nitrogens is 2. The van der Waals surface area contributed by atoms with Crippen molar-refractivity contribution in [2.45, 2.75) is 77.0 Å². The number of fused-ring (bicyclic) bond motifs is 1. The Labute approximate surface area is 168 Å². The molecule has 1 N–H and O–H groups in total. The lowest BCUT2D eigenvalue weighted by Crippen LogP contribution is -2.39. The van der Waals surface area contributed by atoms with E-state index in [1.807, 2.05) is 0 Å². The van der Waals surface area contributed by atoms with Crippen molar-refractivity contribution in [3.63, 3.8) is 0 Å². The molecule has 0 saturated carbocycles. The van der Waals surface area contributed by atoms with Crippen LogP contribution in [0.15, 0.2) is 15.8 Å². The Morgan fingerprint density at radius 1 is 1.28 bits per heavy atom. The van der Waals surface area contributed by atoms with Crippen molar-refractivity contribution in [2.75, 3.05) is 13.2 Å². The van der Waals surface area contributed by atoms with Crippen LogP contribution >= 0.6 is 7.82 Å². The molecule has 5 atom stereocenters. The number of ether oxygens (including phenoxy) is 1. The molecule has 2 fully saturated rings. The van der Waals surface area contributed by atoms with Gasteiger partial charge in [-0.3, -0.25) is 27.9 Å². The second kappa shape index (κ2) is 9.66. The molecule has 0 aliphatic carbocycles. The molecule has 0 bridgehead atoms. The van der Waals surface area contributed by atoms with Crippen LogP contribution in [0.5, 0.6) is 0 Å². The average molecular weight is 434 g/mol. The van der Waals surface area contributed by atoms with E-state index in [9.17, 15) is 18.5 Å². The molecule has 1 unspecified atom stereocenters. The van der Waals surface area contributed by atoms with E-state index >= 15 is 0 Å². The first-order chi connectivity index (χ1) is 13.8. The molecule has 0 spiro atoms. The number of alkyl halides is 1. The standard InChI is InChI=1S/C18H28FN2O7P/c1-3-4-5-6-7-8-9-25-29(24)26-11-13-15(28-29)14(19)17(27-13)21-10-12(2)16(22)20-18(21)23/h10,13-15,17H,3-9,11H2,1-2H3,(H,20,22,23)/t13-,14+,15-,17-,29?/m0/s1. The molecule has 3 rings (SSSR count). The summed E-state index contributed by atoms with van der Waals surface area (Å²) < 4.78 is 50.0. The number of halogens is 1. The second-order valence-corrected chi connectivity index (χ2v) is 9.02. The van der Waals surface area contributed by atoms with Crippen LogP contribution in [0.3, 0.4) is 0 Å². The van der Waals surface area contributed by atoms with Gasteiger partial charge in [-0.15, -0.1) is 0 Å². The van der Waals surface area contributed by atoms with Crippen molar-refractivity contribution >= 4 is 7.82 Å². The molecule has 0 amide bonds. The van der Waals surface area contributed by atoms with Crippen molar-refractivity contribution < 1.29 is 27.3 Å². The second-order valence-electron chi connectivity index (χ2n) is 7.40. The number of aryl methyl sites for hydroxylation is 1. The molecular weight excluding hydrogens is 406 g/mol. The smallest absolute Gasteiger partial charge is 0.346 e. The molecule has 1 aromatic rings. The molecule has 3 heterocycles. The SMILES string of the molecule is CCCCCCCCOP1(=O)OC[C@@H]2O[C@H](n3cc(C)c(=O)[nH]c3=O)[C@H](F)[C@H]2O1. The van der Waals surface area contributed by atoms with Gasteiger partial charge in [0.15, 0.2) is 12.4 Å². The van der Waals surface area contributed by atoms with Gasteiger partial charge in [-0.25, -0.2) is 13.8 Å². The van der Waals surface area contributed by atoms with Crippen molar-refractivity contribution in [1.82, 2.24) is 9.55 Å². The molecule has 11 heteroatoms. The van der Waals surface area contributed by atoms with Crippen LogP contribution in [0, 0.1) is 6.92 Å². The maximum Gasteiger partial charge on any atom is 0.475 e. The molecule has 0 aromatic carbocycles. The fraction of sp³-hybridized carbons (Fsp3) is 0.778. The molecule has 164 valence electrons. The largest absolute Gasteiger partial charge is 0.475 e. The van der Waals surface area contributed by atoms with Crippen LogP contribution in [0.2, 0.25) is 0 Å². The van der Waals surface area contributed by atoms with Crippen LogP contribution in [-0.2, 0) is 22.9 Å². The van der Waals surface area contributed by atoms with Gasteiger partial charge in [0.05, 0.1) is 13.2 Å². The topological polar surface area (TPSA) is 109 Å². The van der Waals surface area contributed by atoms with Crippen molar-refractivity contribution in [3.05, 3.63) is 32.6 Å². The Bertz CT molecular complexity index is 857. The highest BCUT2D eigenvalue weighted by Crippen LogP contribution is 2.57. The Morgan fingerprint density at radius 2 is 2.00 bits per heavy atom. The summed E-state index contributed by atoms with van der Waals surface area (Å²) in [5.74, 6) is 0. The predicted molar refractivity (Wildman–Crippen MR) is 103 cm³/mol. The number of H-pyrrole nitrogens is 1. The summed E-state index contributed by atoms with van der Waals surface area (Å²) in [6.07, 6.45) is 2.32. The first-order valence-corrected chi connectivity index (χ1v) is 11.5. The van der Waals surface area contributed by atoms with Crippen LogP contribution < -0.4 is 11.2 Å². The Balaban J connectivity index is 1.58. The van der Waals surface area contributed by atoms with Crippen molar-refractivity contribution in [1.29, 1.82) is 0 Å². The fourth-order valence-corrected chi connectivity index (χ4v) is 4.85. The van der Waals surface area contributed by atoms with Gasteiger partial charge in [-0.05, 0) is 13.3 Å². The summed E-state index contributed by atoms with van der Waals surface area (Å²) in [6, 6.07) is 0. The van der Waals surface area contributed by atoms with E-state index in [1.54, 1.807) is 0 Å². The number of nitrogens with zero attached hydrogens (tertiary/aromatic N) is 1. The normalized spacial score (nSPS) is 31.7.